The Kier molecular flexibility index (Phi) is 6.04. The fourth-order valence-electron chi connectivity index (χ4n) is 3.28. The Morgan fingerprint density at radius 3 is 2.48 bits per heavy atom. The molecule has 4 aromatic rings. The smallest absolute Gasteiger partial charge is 0.250 e. The molecule has 0 saturated carbocycles. The van der Waals surface area contributed by atoms with Crippen LogP contribution in [-0.2, 0) is 6.54 Å². The molecule has 7 heteroatoms. The third-order valence-corrected chi connectivity index (χ3v) is 5.02. The molecule has 1 aromatic carbocycles. The molecule has 3 aromatic heterocycles. The average molecular weight is 415 g/mol. The molecule has 0 amide bonds. The Balaban J connectivity index is 1.60. The highest BCUT2D eigenvalue weighted by molar-refractivity contribution is 5.66. The Labute approximate surface area is 180 Å². The highest BCUT2D eigenvalue weighted by Crippen LogP contribution is 2.26. The molecular weight excluding hydrogens is 390 g/mol. The molecule has 0 fully saturated rings. The minimum atomic E-state index is -0.0424. The summed E-state index contributed by atoms with van der Waals surface area (Å²) in [6.07, 6.45) is 5.13. The molecule has 0 spiro atoms. The first-order valence-electron chi connectivity index (χ1n) is 10.4. The predicted octanol–water partition coefficient (Wildman–Crippen LogP) is 4.32. The minimum absolute atomic E-state index is 0.0424. The molecule has 4 rings (SSSR count). The van der Waals surface area contributed by atoms with Crippen molar-refractivity contribution in [3.63, 3.8) is 0 Å². The molecule has 31 heavy (non-hydrogen) atoms. The predicted molar refractivity (Wildman–Crippen MR) is 120 cm³/mol. The van der Waals surface area contributed by atoms with Crippen LogP contribution >= 0.6 is 0 Å². The number of rotatable bonds is 7. The maximum Gasteiger partial charge on any atom is 0.250 e. The molecule has 1 N–H and O–H groups in total. The van der Waals surface area contributed by atoms with Crippen LogP contribution in [0.4, 0.5) is 0 Å². The first-order valence-corrected chi connectivity index (χ1v) is 10.4. The maximum atomic E-state index is 12.0. The lowest BCUT2D eigenvalue weighted by Gasteiger charge is -2.11. The second kappa shape index (κ2) is 9.06. The van der Waals surface area contributed by atoms with E-state index in [2.05, 4.69) is 39.5 Å². The van der Waals surface area contributed by atoms with E-state index in [0.717, 1.165) is 29.9 Å². The summed E-state index contributed by atoms with van der Waals surface area (Å²) in [5.74, 6) is 0.540. The van der Waals surface area contributed by atoms with Crippen molar-refractivity contribution < 1.29 is 4.52 Å². The number of nitrogens with one attached hydrogen (secondary N) is 1. The van der Waals surface area contributed by atoms with Gasteiger partial charge in [-0.3, -0.25) is 9.78 Å². The number of nitrogens with zero attached hydrogens (tertiary/aromatic N) is 4. The van der Waals surface area contributed by atoms with E-state index >= 15 is 0 Å². The van der Waals surface area contributed by atoms with Gasteiger partial charge in [-0.15, -0.1) is 0 Å². The van der Waals surface area contributed by atoms with Gasteiger partial charge < -0.3 is 14.4 Å². The van der Waals surface area contributed by atoms with Gasteiger partial charge in [-0.05, 0) is 32.0 Å². The molecule has 0 radical (unpaired) electrons. The van der Waals surface area contributed by atoms with Gasteiger partial charge in [0.25, 0.3) is 5.56 Å². The fourth-order valence-corrected chi connectivity index (χ4v) is 3.28. The first kappa shape index (κ1) is 20.7. The van der Waals surface area contributed by atoms with Crippen LogP contribution in [-0.4, -0.2) is 26.2 Å². The van der Waals surface area contributed by atoms with Crippen LogP contribution in [0, 0.1) is 0 Å². The van der Waals surface area contributed by atoms with E-state index in [-0.39, 0.29) is 11.6 Å². The molecule has 0 saturated heterocycles. The van der Waals surface area contributed by atoms with Crippen molar-refractivity contribution in [3.05, 3.63) is 77.0 Å². The minimum Gasteiger partial charge on any atom is -0.354 e. The summed E-state index contributed by atoms with van der Waals surface area (Å²) >= 11 is 0. The number of hydrogen-bond donors (Lipinski definition) is 1. The van der Waals surface area contributed by atoms with Crippen LogP contribution in [0.25, 0.3) is 34.0 Å². The van der Waals surface area contributed by atoms with Crippen LogP contribution in [0.5, 0.6) is 0 Å². The number of benzene rings is 1. The third kappa shape index (κ3) is 4.62. The fraction of sp³-hybridized carbons (Fsp3) is 0.250. The molecule has 0 unspecified atom stereocenters. The van der Waals surface area contributed by atoms with Crippen molar-refractivity contribution >= 4 is 0 Å². The van der Waals surface area contributed by atoms with E-state index in [0.29, 0.717) is 17.1 Å². The summed E-state index contributed by atoms with van der Waals surface area (Å²) in [4.78, 5) is 21.0. The Morgan fingerprint density at radius 1 is 1.00 bits per heavy atom. The van der Waals surface area contributed by atoms with Gasteiger partial charge in [0.05, 0.1) is 18.1 Å². The van der Waals surface area contributed by atoms with E-state index in [1.165, 1.54) is 5.56 Å². The average Bonchev–Trinajstić information content (AvgIpc) is 3.29. The molecule has 158 valence electrons. The van der Waals surface area contributed by atoms with E-state index in [1.54, 1.807) is 29.1 Å². The monoisotopic (exact) mass is 415 g/mol. The van der Waals surface area contributed by atoms with Gasteiger partial charge in [0.1, 0.15) is 11.4 Å². The summed E-state index contributed by atoms with van der Waals surface area (Å²) in [6, 6.07) is 13.5. The largest absolute Gasteiger partial charge is 0.354 e. The van der Waals surface area contributed by atoms with Gasteiger partial charge in [-0.1, -0.05) is 36.3 Å². The van der Waals surface area contributed by atoms with Crippen molar-refractivity contribution in [2.24, 2.45) is 0 Å². The van der Waals surface area contributed by atoms with Crippen molar-refractivity contribution in [1.82, 2.24) is 25.0 Å². The maximum absolute atomic E-state index is 12.0. The lowest BCUT2D eigenvalue weighted by Crippen LogP contribution is -2.20. The van der Waals surface area contributed by atoms with Crippen LogP contribution in [0.2, 0.25) is 0 Å². The van der Waals surface area contributed by atoms with Crippen LogP contribution in [0.3, 0.4) is 0 Å². The SMILES string of the molecule is CCNCc1ccc(-c2cc(-c3cncc(-c4ccc(=O)n(C(C)C)c4)n3)on2)cc1. The molecule has 7 nitrogen and oxygen atoms in total. The van der Waals surface area contributed by atoms with Gasteiger partial charge in [0, 0.05) is 42.0 Å². The number of aromatic nitrogens is 4. The Bertz CT molecular complexity index is 1230. The van der Waals surface area contributed by atoms with Crippen LogP contribution in [0.1, 0.15) is 32.4 Å². The first-order chi connectivity index (χ1) is 15.0. The number of pyridine rings is 1. The van der Waals surface area contributed by atoms with E-state index in [4.69, 9.17) is 4.52 Å². The van der Waals surface area contributed by atoms with Gasteiger partial charge in [0.2, 0.25) is 0 Å². The lowest BCUT2D eigenvalue weighted by atomic mass is 10.1. The summed E-state index contributed by atoms with van der Waals surface area (Å²) in [6.45, 7) is 7.80. The molecule has 0 atom stereocenters. The van der Waals surface area contributed by atoms with Gasteiger partial charge in [-0.25, -0.2) is 4.98 Å². The molecule has 0 bridgehead atoms. The van der Waals surface area contributed by atoms with E-state index in [1.807, 2.05) is 38.2 Å². The van der Waals surface area contributed by atoms with Crippen LogP contribution in [0.15, 0.2) is 70.4 Å². The zero-order valence-electron chi connectivity index (χ0n) is 17.9. The summed E-state index contributed by atoms with van der Waals surface area (Å²) < 4.78 is 7.23. The third-order valence-electron chi connectivity index (χ3n) is 5.02. The van der Waals surface area contributed by atoms with Crippen molar-refractivity contribution in [2.45, 2.75) is 33.4 Å². The van der Waals surface area contributed by atoms with E-state index in [9.17, 15) is 4.79 Å². The number of hydrogen-bond acceptors (Lipinski definition) is 6. The van der Waals surface area contributed by atoms with Crippen molar-refractivity contribution in [3.8, 4) is 34.0 Å². The quantitative estimate of drug-likeness (QED) is 0.484. The van der Waals surface area contributed by atoms with Crippen LogP contribution < -0.4 is 10.9 Å². The van der Waals surface area contributed by atoms with Gasteiger partial charge in [0.15, 0.2) is 5.76 Å². The Hall–Kier alpha value is -3.58. The molecular formula is C24H25N5O2. The zero-order chi connectivity index (χ0) is 21.8. The standard InChI is InChI=1S/C24H25N5O2/c1-4-25-12-17-5-7-18(8-6-17)20-11-23(31-28-20)22-14-26-13-21(27-22)19-9-10-24(30)29(15-19)16(2)3/h5-11,13-16,25H,4,12H2,1-3H3. The van der Waals surface area contributed by atoms with Gasteiger partial charge >= 0.3 is 0 Å². The molecule has 0 aliphatic carbocycles. The molecule has 3 heterocycles. The molecule has 0 aliphatic rings. The second-order valence-corrected chi connectivity index (χ2v) is 7.60. The topological polar surface area (TPSA) is 85.8 Å². The second-order valence-electron chi connectivity index (χ2n) is 7.60. The van der Waals surface area contributed by atoms with Crippen molar-refractivity contribution in [1.29, 1.82) is 0 Å². The summed E-state index contributed by atoms with van der Waals surface area (Å²) in [5, 5.41) is 7.51. The highest BCUT2D eigenvalue weighted by atomic mass is 16.5. The van der Waals surface area contributed by atoms with Gasteiger partial charge in [-0.2, -0.15) is 0 Å². The highest BCUT2D eigenvalue weighted by Gasteiger charge is 2.12. The lowest BCUT2D eigenvalue weighted by molar-refractivity contribution is 0.433. The summed E-state index contributed by atoms with van der Waals surface area (Å²) in [7, 11) is 0. The zero-order valence-corrected chi connectivity index (χ0v) is 17.9. The van der Waals surface area contributed by atoms with Crippen molar-refractivity contribution in [2.75, 3.05) is 6.54 Å². The van der Waals surface area contributed by atoms with E-state index < -0.39 is 0 Å². The normalized spacial score (nSPS) is 11.2. The Morgan fingerprint density at radius 2 is 1.74 bits per heavy atom. The summed E-state index contributed by atoms with van der Waals surface area (Å²) in [5.41, 5.74) is 4.96. The molecule has 0 aliphatic heterocycles.